The highest BCUT2D eigenvalue weighted by Crippen LogP contribution is 2.34. The number of fused-ring (bicyclic) bond motifs is 2. The molecule has 0 bridgehead atoms. The first-order chi connectivity index (χ1) is 16.2. The van der Waals surface area contributed by atoms with Crippen molar-refractivity contribution in [1.29, 1.82) is 0 Å². The number of hydrogen-bond donors (Lipinski definition) is 1. The number of pyridine rings is 3. The van der Waals surface area contributed by atoms with Crippen molar-refractivity contribution in [2.24, 2.45) is 0 Å². The van der Waals surface area contributed by atoms with Crippen LogP contribution in [0.25, 0.3) is 55.2 Å². The highest BCUT2D eigenvalue weighted by atomic mass is 32.1. The summed E-state index contributed by atoms with van der Waals surface area (Å²) in [7, 11) is 0. The number of hydrogen-bond acceptors (Lipinski definition) is 7. The summed E-state index contributed by atoms with van der Waals surface area (Å²) in [5.74, 6) is 0. The van der Waals surface area contributed by atoms with Gasteiger partial charge in [-0.2, -0.15) is 0 Å². The van der Waals surface area contributed by atoms with E-state index in [1.165, 1.54) is 11.3 Å². The van der Waals surface area contributed by atoms with Crippen molar-refractivity contribution in [3.63, 3.8) is 0 Å². The van der Waals surface area contributed by atoms with E-state index in [0.717, 1.165) is 26.4 Å². The molecule has 33 heavy (non-hydrogen) atoms. The molecule has 0 atom stereocenters. The molecule has 0 spiro atoms. The molecule has 0 saturated carbocycles. The zero-order chi connectivity index (χ0) is 22.4. The number of H-pyrrole nitrogens is 1. The minimum Gasteiger partial charge on any atom is -0.344 e. The van der Waals surface area contributed by atoms with Gasteiger partial charge < -0.3 is 4.98 Å². The Morgan fingerprint density at radius 2 is 1.82 bits per heavy atom. The summed E-state index contributed by atoms with van der Waals surface area (Å²) >= 11 is 1.54. The molecule has 158 valence electrons. The number of aromatic amines is 1. The van der Waals surface area contributed by atoms with Gasteiger partial charge in [0.2, 0.25) is 5.43 Å². The fraction of sp³-hybridized carbons (Fsp3) is 0.0400. The maximum Gasteiger partial charge on any atom is 0.218 e. The average molecular weight is 449 g/mol. The second-order valence-electron chi connectivity index (χ2n) is 7.52. The molecule has 0 aliphatic carbocycles. The smallest absolute Gasteiger partial charge is 0.218 e. The Hall–Kier alpha value is -4.30. The third kappa shape index (κ3) is 3.37. The molecule has 0 saturated heterocycles. The number of benzene rings is 1. The number of aryl methyl sites for hydroxylation is 1. The monoisotopic (exact) mass is 448 g/mol. The van der Waals surface area contributed by atoms with Crippen LogP contribution in [0, 0.1) is 6.92 Å². The van der Waals surface area contributed by atoms with Crippen LogP contribution in [0.2, 0.25) is 0 Å². The summed E-state index contributed by atoms with van der Waals surface area (Å²) in [4.78, 5) is 40.2. The number of rotatable bonds is 3. The minimum atomic E-state index is -0.217. The van der Waals surface area contributed by atoms with Crippen molar-refractivity contribution in [3.8, 4) is 33.1 Å². The van der Waals surface area contributed by atoms with Gasteiger partial charge in [-0.1, -0.05) is 18.2 Å². The topological polar surface area (TPSA) is 97.3 Å². The van der Waals surface area contributed by atoms with Gasteiger partial charge in [0, 0.05) is 35.7 Å². The number of nitrogens with zero attached hydrogens (tertiary/aromatic N) is 5. The number of aromatic nitrogens is 6. The van der Waals surface area contributed by atoms with Crippen LogP contribution >= 0.6 is 11.3 Å². The zero-order valence-electron chi connectivity index (χ0n) is 17.5. The first kappa shape index (κ1) is 19.4. The quantitative estimate of drug-likeness (QED) is 0.408. The van der Waals surface area contributed by atoms with Crippen LogP contribution in [0.5, 0.6) is 0 Å². The van der Waals surface area contributed by atoms with E-state index in [1.54, 1.807) is 30.9 Å². The Balaban J connectivity index is 1.65. The first-order valence-corrected chi connectivity index (χ1v) is 11.1. The molecule has 0 fully saturated rings. The molecule has 7 nitrogen and oxygen atoms in total. The van der Waals surface area contributed by atoms with Gasteiger partial charge in [0.05, 0.1) is 32.4 Å². The molecule has 0 aliphatic rings. The Morgan fingerprint density at radius 3 is 2.64 bits per heavy atom. The molecule has 0 radical (unpaired) electrons. The second kappa shape index (κ2) is 7.68. The fourth-order valence-corrected chi connectivity index (χ4v) is 4.58. The molecule has 8 heteroatoms. The van der Waals surface area contributed by atoms with Gasteiger partial charge in [0.1, 0.15) is 5.69 Å². The van der Waals surface area contributed by atoms with E-state index in [2.05, 4.69) is 19.9 Å². The average Bonchev–Trinajstić information content (AvgIpc) is 3.30. The standard InChI is InChI=1S/C25H16N6OS/c1-14-28-13-20(33-14)22-21(16-7-8-18-15(11-16)5-4-10-26-18)30-23-24(32)17(12-29-25(23)31-22)19-6-2-3-9-27-19/h2-13H,1H3,(H,29,31,32). The van der Waals surface area contributed by atoms with E-state index in [9.17, 15) is 4.79 Å². The van der Waals surface area contributed by atoms with Crippen molar-refractivity contribution < 1.29 is 0 Å². The summed E-state index contributed by atoms with van der Waals surface area (Å²) in [6.45, 7) is 1.95. The van der Waals surface area contributed by atoms with Crippen LogP contribution in [-0.4, -0.2) is 29.9 Å². The minimum absolute atomic E-state index is 0.217. The molecule has 0 amide bonds. The van der Waals surface area contributed by atoms with Crippen molar-refractivity contribution in [1.82, 2.24) is 29.9 Å². The van der Waals surface area contributed by atoms with E-state index in [0.29, 0.717) is 28.3 Å². The SMILES string of the molecule is Cc1ncc(-c2nc3[nH]cc(-c4ccccn4)c(=O)c3nc2-c2ccc3ncccc3c2)s1. The number of thiazole rings is 1. The van der Waals surface area contributed by atoms with Gasteiger partial charge >= 0.3 is 0 Å². The van der Waals surface area contributed by atoms with Gasteiger partial charge in [-0.15, -0.1) is 11.3 Å². The van der Waals surface area contributed by atoms with Crippen molar-refractivity contribution >= 4 is 33.4 Å². The zero-order valence-corrected chi connectivity index (χ0v) is 18.3. The van der Waals surface area contributed by atoms with Gasteiger partial charge in [0.15, 0.2) is 11.2 Å². The molecule has 1 N–H and O–H groups in total. The van der Waals surface area contributed by atoms with Crippen LogP contribution in [0.1, 0.15) is 5.01 Å². The predicted molar refractivity (Wildman–Crippen MR) is 130 cm³/mol. The van der Waals surface area contributed by atoms with Gasteiger partial charge in [0.25, 0.3) is 0 Å². The van der Waals surface area contributed by atoms with E-state index in [-0.39, 0.29) is 10.9 Å². The highest BCUT2D eigenvalue weighted by Gasteiger charge is 2.19. The molecule has 0 aliphatic heterocycles. The molecule has 5 aromatic heterocycles. The largest absolute Gasteiger partial charge is 0.344 e. The lowest BCUT2D eigenvalue weighted by atomic mass is 10.1. The van der Waals surface area contributed by atoms with E-state index >= 15 is 0 Å². The van der Waals surface area contributed by atoms with E-state index in [1.807, 2.05) is 49.4 Å². The van der Waals surface area contributed by atoms with Crippen molar-refractivity contribution in [3.05, 3.63) is 88.5 Å². The Labute approximate surface area is 191 Å². The molecule has 6 aromatic rings. The van der Waals surface area contributed by atoms with E-state index < -0.39 is 0 Å². The third-order valence-electron chi connectivity index (χ3n) is 5.38. The number of nitrogens with one attached hydrogen (secondary N) is 1. The molecule has 0 unspecified atom stereocenters. The van der Waals surface area contributed by atoms with Gasteiger partial charge in [-0.25, -0.2) is 15.0 Å². The normalized spacial score (nSPS) is 11.3. The Kier molecular flexibility index (Phi) is 4.51. The van der Waals surface area contributed by atoms with Crippen LogP contribution in [0.15, 0.2) is 78.1 Å². The lowest BCUT2D eigenvalue weighted by Gasteiger charge is -2.10. The van der Waals surface area contributed by atoms with Crippen molar-refractivity contribution in [2.75, 3.05) is 0 Å². The molecular formula is C25H16N6OS. The summed E-state index contributed by atoms with van der Waals surface area (Å²) in [6.07, 6.45) is 6.86. The van der Waals surface area contributed by atoms with Gasteiger partial charge in [-0.3, -0.25) is 14.8 Å². The summed E-state index contributed by atoms with van der Waals surface area (Å²) < 4.78 is 0. The highest BCUT2D eigenvalue weighted by molar-refractivity contribution is 7.15. The summed E-state index contributed by atoms with van der Waals surface area (Å²) in [6, 6.07) is 15.3. The molecular weight excluding hydrogens is 432 g/mol. The van der Waals surface area contributed by atoms with Crippen LogP contribution in [0.3, 0.4) is 0 Å². The summed E-state index contributed by atoms with van der Waals surface area (Å²) in [5.41, 5.74) is 4.56. The second-order valence-corrected chi connectivity index (χ2v) is 8.75. The summed E-state index contributed by atoms with van der Waals surface area (Å²) in [5, 5.41) is 1.92. The Bertz CT molecular complexity index is 1710. The van der Waals surface area contributed by atoms with Crippen LogP contribution in [-0.2, 0) is 0 Å². The lowest BCUT2D eigenvalue weighted by molar-refractivity contribution is 1.21. The van der Waals surface area contributed by atoms with Crippen LogP contribution < -0.4 is 5.43 Å². The Morgan fingerprint density at radius 1 is 0.909 bits per heavy atom. The molecule has 5 heterocycles. The third-order valence-corrected chi connectivity index (χ3v) is 6.30. The van der Waals surface area contributed by atoms with E-state index in [4.69, 9.17) is 9.97 Å². The molecule has 6 rings (SSSR count). The predicted octanol–water partition coefficient (Wildman–Crippen LogP) is 5.03. The van der Waals surface area contributed by atoms with Crippen molar-refractivity contribution in [2.45, 2.75) is 6.92 Å². The fourth-order valence-electron chi connectivity index (χ4n) is 3.81. The van der Waals surface area contributed by atoms with Gasteiger partial charge in [-0.05, 0) is 37.3 Å². The van der Waals surface area contributed by atoms with Crippen LogP contribution in [0.4, 0.5) is 0 Å². The maximum absolute atomic E-state index is 13.4. The first-order valence-electron chi connectivity index (χ1n) is 10.3. The molecule has 1 aromatic carbocycles. The lowest BCUT2D eigenvalue weighted by Crippen LogP contribution is -2.11. The maximum atomic E-state index is 13.4.